The molecule has 0 saturated carbocycles. The van der Waals surface area contributed by atoms with Crippen molar-refractivity contribution in [1.29, 1.82) is 0 Å². The van der Waals surface area contributed by atoms with Crippen LogP contribution < -0.4 is 15.6 Å². The van der Waals surface area contributed by atoms with Crippen LogP contribution in [0.25, 0.3) is 32.5 Å². The lowest BCUT2D eigenvalue weighted by Crippen LogP contribution is -2.30. The summed E-state index contributed by atoms with van der Waals surface area (Å²) in [5.41, 5.74) is 1.12. The number of thiophene rings is 1. The molecule has 4 aromatic rings. The smallest absolute Gasteiger partial charge is 0.259 e. The highest BCUT2D eigenvalue weighted by Gasteiger charge is 2.14. The number of aromatic nitrogens is 3. The fraction of sp³-hybridized carbons (Fsp3) is 0.286. The van der Waals surface area contributed by atoms with Crippen LogP contribution in [0.5, 0.6) is 5.75 Å². The molecule has 0 atom stereocenters. The maximum atomic E-state index is 12.7. The van der Waals surface area contributed by atoms with Gasteiger partial charge in [0.2, 0.25) is 0 Å². The van der Waals surface area contributed by atoms with Crippen molar-refractivity contribution in [1.82, 2.24) is 20.3 Å². The summed E-state index contributed by atoms with van der Waals surface area (Å²) in [5, 5.41) is 7.01. The number of nitrogens with one attached hydrogen (secondary N) is 2. The van der Waals surface area contributed by atoms with Crippen molar-refractivity contribution in [3.05, 3.63) is 52.3 Å². The van der Waals surface area contributed by atoms with Crippen molar-refractivity contribution in [2.75, 3.05) is 19.7 Å². The summed E-state index contributed by atoms with van der Waals surface area (Å²) in [7, 11) is 0. The van der Waals surface area contributed by atoms with Crippen LogP contribution in [0.15, 0.2) is 46.7 Å². The Morgan fingerprint density at radius 2 is 2.07 bits per heavy atom. The molecule has 1 fully saturated rings. The number of nitrogens with zero attached hydrogens (tertiary/aromatic N) is 2. The lowest BCUT2D eigenvalue weighted by molar-refractivity contribution is 0.215. The van der Waals surface area contributed by atoms with E-state index in [9.17, 15) is 4.79 Å². The highest BCUT2D eigenvalue weighted by atomic mass is 32.1. The van der Waals surface area contributed by atoms with Crippen molar-refractivity contribution in [3.63, 3.8) is 0 Å². The molecule has 1 aromatic carbocycles. The number of H-pyrrole nitrogens is 1. The van der Waals surface area contributed by atoms with E-state index in [0.29, 0.717) is 40.7 Å². The minimum atomic E-state index is -0.181. The van der Waals surface area contributed by atoms with Gasteiger partial charge >= 0.3 is 0 Å². The Bertz CT molecular complexity index is 1190. The van der Waals surface area contributed by atoms with Crippen LogP contribution >= 0.6 is 11.3 Å². The van der Waals surface area contributed by atoms with Gasteiger partial charge in [-0.25, -0.2) is 4.98 Å². The van der Waals surface area contributed by atoms with E-state index in [0.717, 1.165) is 36.0 Å². The maximum absolute atomic E-state index is 12.7. The van der Waals surface area contributed by atoms with E-state index in [1.165, 1.54) is 0 Å². The molecule has 1 aliphatic heterocycles. The zero-order chi connectivity index (χ0) is 18.9. The number of rotatable bonds is 4. The average molecular weight is 392 g/mol. The fourth-order valence-electron chi connectivity index (χ4n) is 3.59. The molecule has 0 aliphatic carbocycles. The molecule has 0 radical (unpaired) electrons. The van der Waals surface area contributed by atoms with Crippen molar-refractivity contribution >= 4 is 32.3 Å². The number of hydrogen-bond donors (Lipinski definition) is 2. The minimum Gasteiger partial charge on any atom is -0.493 e. The second-order valence-electron chi connectivity index (χ2n) is 7.13. The minimum absolute atomic E-state index is 0.181. The maximum Gasteiger partial charge on any atom is 0.259 e. The van der Waals surface area contributed by atoms with E-state index in [1.807, 2.05) is 35.8 Å². The molecule has 28 heavy (non-hydrogen) atoms. The summed E-state index contributed by atoms with van der Waals surface area (Å²) >= 11 is 1.64. The number of ether oxygens (including phenoxy) is 1. The van der Waals surface area contributed by atoms with Gasteiger partial charge in [0, 0.05) is 6.20 Å². The third-order valence-corrected chi connectivity index (χ3v) is 6.07. The number of fused-ring (bicyclic) bond motifs is 2. The van der Waals surface area contributed by atoms with Crippen LogP contribution in [0.3, 0.4) is 0 Å². The summed E-state index contributed by atoms with van der Waals surface area (Å²) in [5.74, 6) is 1.76. The number of aromatic amines is 1. The Hall–Kier alpha value is -2.77. The van der Waals surface area contributed by atoms with Crippen LogP contribution in [-0.2, 0) is 0 Å². The highest BCUT2D eigenvalue weighted by Crippen LogP contribution is 2.25. The number of pyridine rings is 1. The molecule has 3 aromatic heterocycles. The summed E-state index contributed by atoms with van der Waals surface area (Å²) in [4.78, 5) is 24.6. The van der Waals surface area contributed by atoms with Crippen molar-refractivity contribution in [3.8, 4) is 17.3 Å². The van der Waals surface area contributed by atoms with Crippen LogP contribution in [-0.4, -0.2) is 34.6 Å². The number of piperidine rings is 1. The lowest BCUT2D eigenvalue weighted by Gasteiger charge is -2.22. The van der Waals surface area contributed by atoms with Gasteiger partial charge in [-0.15, -0.1) is 11.3 Å². The molecule has 142 valence electrons. The monoisotopic (exact) mass is 392 g/mol. The third-order valence-electron chi connectivity index (χ3n) is 5.20. The third kappa shape index (κ3) is 3.39. The Morgan fingerprint density at radius 3 is 2.96 bits per heavy atom. The molecule has 6 nitrogen and oxygen atoms in total. The van der Waals surface area contributed by atoms with E-state index in [4.69, 9.17) is 4.74 Å². The van der Waals surface area contributed by atoms with Gasteiger partial charge in [-0.1, -0.05) is 0 Å². The first-order chi connectivity index (χ1) is 13.8. The molecule has 0 amide bonds. The topological polar surface area (TPSA) is 79.9 Å². The van der Waals surface area contributed by atoms with E-state index < -0.39 is 0 Å². The van der Waals surface area contributed by atoms with Gasteiger partial charge < -0.3 is 15.0 Å². The summed E-state index contributed by atoms with van der Waals surface area (Å²) < 4.78 is 7.06. The fourth-order valence-corrected chi connectivity index (χ4v) is 4.33. The summed E-state index contributed by atoms with van der Waals surface area (Å²) in [6.45, 7) is 2.77. The standard InChI is InChI=1S/C21H20N4O2S/c26-21-16-10-15(27-12-13-3-6-22-7-4-13)1-2-17(16)24-20(25-21)18-9-14-5-8-28-19(14)11-23-18/h1-2,5,8-11,13,22H,3-4,6-7,12H2,(H,24,25,26). The predicted molar refractivity (Wildman–Crippen MR) is 112 cm³/mol. The Kier molecular flexibility index (Phi) is 4.54. The molecule has 0 bridgehead atoms. The molecule has 7 heteroatoms. The van der Waals surface area contributed by atoms with Gasteiger partial charge in [0.1, 0.15) is 11.4 Å². The molecule has 1 saturated heterocycles. The van der Waals surface area contributed by atoms with E-state index >= 15 is 0 Å². The van der Waals surface area contributed by atoms with Gasteiger partial charge in [0.05, 0.1) is 22.2 Å². The van der Waals surface area contributed by atoms with Crippen LogP contribution in [0.1, 0.15) is 12.8 Å². The van der Waals surface area contributed by atoms with Gasteiger partial charge in [-0.2, -0.15) is 0 Å². The zero-order valence-electron chi connectivity index (χ0n) is 15.3. The van der Waals surface area contributed by atoms with Gasteiger partial charge in [-0.3, -0.25) is 9.78 Å². The number of hydrogen-bond acceptors (Lipinski definition) is 6. The van der Waals surface area contributed by atoms with Gasteiger partial charge in [0.25, 0.3) is 5.56 Å². The summed E-state index contributed by atoms with van der Waals surface area (Å²) in [6, 6.07) is 9.49. The molecular weight excluding hydrogens is 372 g/mol. The largest absolute Gasteiger partial charge is 0.493 e. The Morgan fingerprint density at radius 1 is 1.18 bits per heavy atom. The molecule has 2 N–H and O–H groups in total. The predicted octanol–water partition coefficient (Wildman–Crippen LogP) is 3.58. The quantitative estimate of drug-likeness (QED) is 0.555. The van der Waals surface area contributed by atoms with Crippen LogP contribution in [0.4, 0.5) is 0 Å². The van der Waals surface area contributed by atoms with Crippen molar-refractivity contribution < 1.29 is 4.74 Å². The summed E-state index contributed by atoms with van der Waals surface area (Å²) in [6.07, 6.45) is 4.07. The molecule has 0 unspecified atom stereocenters. The normalized spacial score (nSPS) is 15.3. The number of benzene rings is 1. The second kappa shape index (κ2) is 7.33. The first-order valence-electron chi connectivity index (χ1n) is 9.47. The van der Waals surface area contributed by atoms with E-state index in [2.05, 4.69) is 20.3 Å². The van der Waals surface area contributed by atoms with E-state index in [1.54, 1.807) is 17.4 Å². The van der Waals surface area contributed by atoms with Crippen molar-refractivity contribution in [2.24, 2.45) is 5.92 Å². The first kappa shape index (κ1) is 17.3. The molecule has 5 rings (SSSR count). The van der Waals surface area contributed by atoms with E-state index in [-0.39, 0.29) is 5.56 Å². The first-order valence-corrected chi connectivity index (χ1v) is 10.4. The Labute approximate surface area is 165 Å². The Balaban J connectivity index is 1.43. The highest BCUT2D eigenvalue weighted by molar-refractivity contribution is 7.17. The molecule has 0 spiro atoms. The van der Waals surface area contributed by atoms with Gasteiger partial charge in [-0.05, 0) is 72.9 Å². The molecule has 1 aliphatic rings. The average Bonchev–Trinajstić information content (AvgIpc) is 3.21. The lowest BCUT2D eigenvalue weighted by atomic mass is 9.99. The van der Waals surface area contributed by atoms with Crippen molar-refractivity contribution in [2.45, 2.75) is 12.8 Å². The SMILES string of the molecule is O=c1[nH]c(-c2cc3ccsc3cn2)nc2ccc(OCC3CCNCC3)cc12. The van der Waals surface area contributed by atoms with Crippen LogP contribution in [0, 0.1) is 5.92 Å². The molecule has 4 heterocycles. The van der Waals surface area contributed by atoms with Gasteiger partial charge in [0.15, 0.2) is 5.82 Å². The molecular formula is C21H20N4O2S. The second-order valence-corrected chi connectivity index (χ2v) is 8.07. The van der Waals surface area contributed by atoms with Crippen LogP contribution in [0.2, 0.25) is 0 Å². The zero-order valence-corrected chi connectivity index (χ0v) is 16.1.